The van der Waals surface area contributed by atoms with Crippen molar-refractivity contribution in [2.24, 2.45) is 11.1 Å². The zero-order chi connectivity index (χ0) is 23.2. The second-order valence-corrected chi connectivity index (χ2v) is 13.1. The van der Waals surface area contributed by atoms with Gasteiger partial charge in [0.25, 0.3) is 0 Å². The lowest BCUT2D eigenvalue weighted by Gasteiger charge is -2.42. The summed E-state index contributed by atoms with van der Waals surface area (Å²) in [4.78, 5) is 17.6. The third-order valence-corrected chi connectivity index (χ3v) is 8.91. The average molecular weight is 486 g/mol. The second kappa shape index (κ2) is 8.65. The van der Waals surface area contributed by atoms with Gasteiger partial charge in [0.15, 0.2) is 10.1 Å². The normalized spacial score (nSPS) is 20.7. The van der Waals surface area contributed by atoms with Crippen molar-refractivity contribution in [2.75, 3.05) is 4.90 Å². The summed E-state index contributed by atoms with van der Waals surface area (Å²) in [5.41, 5.74) is 8.41. The fourth-order valence-electron chi connectivity index (χ4n) is 4.29. The number of carbonyl (C=O) groups is 1. The van der Waals surface area contributed by atoms with Gasteiger partial charge >= 0.3 is 0 Å². The Labute approximate surface area is 201 Å². The van der Waals surface area contributed by atoms with Crippen LogP contribution in [0.3, 0.4) is 0 Å². The quantitative estimate of drug-likeness (QED) is 0.550. The van der Waals surface area contributed by atoms with Crippen LogP contribution in [0.2, 0.25) is 0 Å². The summed E-state index contributed by atoms with van der Waals surface area (Å²) in [6.45, 7) is 10.5. The van der Waals surface area contributed by atoms with Gasteiger partial charge in [-0.15, -0.1) is 21.5 Å². The molecule has 1 atom stereocenters. The Morgan fingerprint density at radius 3 is 2.69 bits per heavy atom. The molecule has 9 heteroatoms. The van der Waals surface area contributed by atoms with Gasteiger partial charge in [0.05, 0.1) is 17.6 Å². The van der Waals surface area contributed by atoms with E-state index in [2.05, 4.69) is 57.0 Å². The highest BCUT2D eigenvalue weighted by Gasteiger charge is 2.45. The molecule has 2 aromatic heterocycles. The molecule has 3 heterocycles. The van der Waals surface area contributed by atoms with Crippen LogP contribution in [0.15, 0.2) is 39.1 Å². The number of nitrogens with zero attached hydrogens (tertiary/aromatic N) is 4. The molecule has 0 saturated carbocycles. The molecular formula is C23H27N5OS3. The molecule has 0 saturated heterocycles. The maximum Gasteiger partial charge on any atom is 0.219 e. The van der Waals surface area contributed by atoms with E-state index in [1.165, 1.54) is 16.2 Å². The van der Waals surface area contributed by atoms with E-state index in [4.69, 9.17) is 5.73 Å². The number of nitrogens with two attached hydrogens (primary N) is 1. The molecule has 2 N–H and O–H groups in total. The van der Waals surface area contributed by atoms with Gasteiger partial charge in [-0.05, 0) is 30.4 Å². The molecule has 1 aliphatic heterocycles. The van der Waals surface area contributed by atoms with E-state index in [9.17, 15) is 10.1 Å². The van der Waals surface area contributed by atoms with Crippen molar-refractivity contribution in [1.29, 1.82) is 5.26 Å². The number of hydrogen-bond acceptors (Lipinski definition) is 9. The fourth-order valence-corrected chi connectivity index (χ4v) is 7.47. The number of Topliss-reactive ketones (excluding diaryl/α,β-unsaturated/α-hetero) is 1. The Kier molecular flexibility index (Phi) is 6.23. The van der Waals surface area contributed by atoms with Crippen molar-refractivity contribution in [3.63, 3.8) is 0 Å². The maximum absolute atomic E-state index is 13.5. The Bertz CT molecular complexity index is 1160. The molecule has 2 aliphatic rings. The zero-order valence-corrected chi connectivity index (χ0v) is 21.4. The zero-order valence-electron chi connectivity index (χ0n) is 18.9. The standard InChI is InChI=1S/C23H27N5OS3/c1-6-13-7-8-17(31-13)18-14(11-24)20(25)28(21-26-27-22(32-21)30-12(2)3)15-9-23(4,5)10-16(29)19(15)18/h7-8,12,18H,6,9-10,25H2,1-5H3. The van der Waals surface area contributed by atoms with Crippen molar-refractivity contribution in [3.05, 3.63) is 44.6 Å². The minimum absolute atomic E-state index is 0.0826. The third kappa shape index (κ3) is 4.12. The molecule has 0 amide bonds. The largest absolute Gasteiger partial charge is 0.384 e. The highest BCUT2D eigenvalue weighted by atomic mass is 32.2. The number of anilines is 1. The Morgan fingerprint density at radius 2 is 2.06 bits per heavy atom. The summed E-state index contributed by atoms with van der Waals surface area (Å²) in [5, 5.41) is 19.9. The SMILES string of the molecule is CCc1ccc(C2C(C#N)=C(N)N(c3nnc(SC(C)C)s3)C3=C2C(=O)CC(C)(C)C3)s1. The molecule has 0 spiro atoms. The fraction of sp³-hybridized carbons (Fsp3) is 0.478. The molecular weight excluding hydrogens is 458 g/mol. The van der Waals surface area contributed by atoms with E-state index >= 15 is 0 Å². The van der Waals surface area contributed by atoms with Crippen molar-refractivity contribution in [2.45, 2.75) is 69.4 Å². The molecule has 0 aromatic carbocycles. The third-order valence-electron chi connectivity index (χ3n) is 5.62. The summed E-state index contributed by atoms with van der Waals surface area (Å²) in [6.07, 6.45) is 2.05. The van der Waals surface area contributed by atoms with Crippen LogP contribution in [0.1, 0.15) is 63.1 Å². The molecule has 2 aromatic rings. The first-order valence-corrected chi connectivity index (χ1v) is 13.2. The molecule has 32 heavy (non-hydrogen) atoms. The number of carbonyl (C=O) groups excluding carboxylic acids is 1. The van der Waals surface area contributed by atoms with Crippen molar-refractivity contribution < 1.29 is 4.79 Å². The van der Waals surface area contributed by atoms with Crippen LogP contribution in [-0.2, 0) is 11.2 Å². The van der Waals surface area contributed by atoms with Crippen LogP contribution in [0.5, 0.6) is 0 Å². The molecule has 0 fully saturated rings. The van der Waals surface area contributed by atoms with Crippen LogP contribution < -0.4 is 10.6 Å². The highest BCUT2D eigenvalue weighted by molar-refractivity contribution is 8.01. The first-order valence-electron chi connectivity index (χ1n) is 10.7. The van der Waals surface area contributed by atoms with Crippen LogP contribution in [-0.4, -0.2) is 21.2 Å². The number of aryl methyl sites for hydroxylation is 1. The van der Waals surface area contributed by atoms with Crippen LogP contribution in [0.4, 0.5) is 5.13 Å². The number of allylic oxidation sites excluding steroid dienone is 3. The summed E-state index contributed by atoms with van der Waals surface area (Å²) in [5.74, 6) is 0.0160. The summed E-state index contributed by atoms with van der Waals surface area (Å²) in [7, 11) is 0. The van der Waals surface area contributed by atoms with E-state index in [-0.39, 0.29) is 11.2 Å². The number of thiophene rings is 1. The monoisotopic (exact) mass is 485 g/mol. The van der Waals surface area contributed by atoms with Crippen molar-refractivity contribution >= 4 is 45.4 Å². The number of aromatic nitrogens is 2. The van der Waals surface area contributed by atoms with Gasteiger partial charge in [-0.25, -0.2) is 0 Å². The predicted octanol–water partition coefficient (Wildman–Crippen LogP) is 5.60. The van der Waals surface area contributed by atoms with Crippen molar-refractivity contribution in [3.8, 4) is 6.07 Å². The first-order chi connectivity index (χ1) is 15.1. The number of rotatable bonds is 5. The number of thioether (sulfide) groups is 1. The number of nitriles is 1. The summed E-state index contributed by atoms with van der Waals surface area (Å²) < 4.78 is 0.845. The van der Waals surface area contributed by atoms with Gasteiger partial charge in [0.2, 0.25) is 5.13 Å². The van der Waals surface area contributed by atoms with Gasteiger partial charge in [-0.3, -0.25) is 9.69 Å². The summed E-state index contributed by atoms with van der Waals surface area (Å²) >= 11 is 4.74. The Morgan fingerprint density at radius 1 is 1.31 bits per heavy atom. The molecule has 1 aliphatic carbocycles. The van der Waals surface area contributed by atoms with Crippen molar-refractivity contribution in [1.82, 2.24) is 10.2 Å². The average Bonchev–Trinajstić information content (AvgIpc) is 3.35. The van der Waals surface area contributed by atoms with Gasteiger partial charge in [0.1, 0.15) is 5.82 Å². The molecule has 6 nitrogen and oxygen atoms in total. The van der Waals surface area contributed by atoms with Gasteiger partial charge in [0, 0.05) is 32.7 Å². The van der Waals surface area contributed by atoms with Gasteiger partial charge < -0.3 is 5.73 Å². The number of ketones is 1. The van der Waals surface area contributed by atoms with Gasteiger partial charge in [-0.1, -0.05) is 57.7 Å². The lowest BCUT2D eigenvalue weighted by molar-refractivity contribution is -0.118. The molecule has 0 bridgehead atoms. The van der Waals surface area contributed by atoms with E-state index in [0.29, 0.717) is 40.2 Å². The summed E-state index contributed by atoms with van der Waals surface area (Å²) in [6, 6.07) is 6.44. The first kappa shape index (κ1) is 23.0. The number of hydrogen-bond donors (Lipinski definition) is 1. The van der Waals surface area contributed by atoms with Crippen LogP contribution in [0, 0.1) is 16.7 Å². The molecule has 0 radical (unpaired) electrons. The highest BCUT2D eigenvalue weighted by Crippen LogP contribution is 2.51. The van der Waals surface area contributed by atoms with Crippen LogP contribution >= 0.6 is 34.4 Å². The molecule has 1 unspecified atom stereocenters. The lowest BCUT2D eigenvalue weighted by Crippen LogP contribution is -2.42. The maximum atomic E-state index is 13.5. The van der Waals surface area contributed by atoms with Crippen LogP contribution in [0.25, 0.3) is 0 Å². The van der Waals surface area contributed by atoms with E-state index < -0.39 is 5.92 Å². The Hall–Kier alpha value is -2.15. The van der Waals surface area contributed by atoms with E-state index in [1.807, 2.05) is 11.0 Å². The minimum atomic E-state index is -0.419. The Balaban J connectivity index is 1.91. The topological polar surface area (TPSA) is 95.9 Å². The minimum Gasteiger partial charge on any atom is -0.384 e. The van der Waals surface area contributed by atoms with Gasteiger partial charge in [-0.2, -0.15) is 5.26 Å². The predicted molar refractivity (Wildman–Crippen MR) is 132 cm³/mol. The van der Waals surface area contributed by atoms with E-state index in [0.717, 1.165) is 21.3 Å². The molecule has 4 rings (SSSR count). The van der Waals surface area contributed by atoms with E-state index in [1.54, 1.807) is 23.1 Å². The second-order valence-electron chi connectivity index (χ2n) is 9.16. The molecule has 168 valence electrons. The smallest absolute Gasteiger partial charge is 0.219 e. The lowest BCUT2D eigenvalue weighted by atomic mass is 9.70.